The van der Waals surface area contributed by atoms with Crippen molar-refractivity contribution < 1.29 is 14.3 Å². The first-order valence-corrected chi connectivity index (χ1v) is 5.27. The molecule has 0 spiro atoms. The molecule has 1 heterocycles. The summed E-state index contributed by atoms with van der Waals surface area (Å²) in [6.45, 7) is 3.09. The first-order valence-electron chi connectivity index (χ1n) is 4.90. The molecule has 92 valence electrons. The molecule has 0 unspecified atom stereocenters. The van der Waals surface area contributed by atoms with Crippen LogP contribution in [0.2, 0.25) is 5.15 Å². The summed E-state index contributed by atoms with van der Waals surface area (Å²) in [7, 11) is 1.26. The number of aromatic nitrogens is 1. The summed E-state index contributed by atoms with van der Waals surface area (Å²) in [5, 5.41) is 2.61. The smallest absolute Gasteiger partial charge is 0.330 e. The summed E-state index contributed by atoms with van der Waals surface area (Å²) in [5.41, 5.74) is -0.906. The zero-order valence-electron chi connectivity index (χ0n) is 9.78. The summed E-state index contributed by atoms with van der Waals surface area (Å²) < 4.78 is 4.58. The number of hydrogen-bond donors (Lipinski definition) is 1. The number of carbonyl (C=O) groups is 2. The van der Waals surface area contributed by atoms with E-state index < -0.39 is 17.4 Å². The monoisotopic (exact) mass is 256 g/mol. The molecular weight excluding hydrogens is 244 g/mol. The van der Waals surface area contributed by atoms with Crippen LogP contribution in [0.5, 0.6) is 0 Å². The van der Waals surface area contributed by atoms with Gasteiger partial charge in [0.25, 0.3) is 5.91 Å². The standard InChI is InChI=1S/C11H13ClN2O3/c1-11(2,10(16)17-3)14-9(15)7-5-4-6-13-8(7)12/h4-6H,1-3H3,(H,14,15). The van der Waals surface area contributed by atoms with Crippen molar-refractivity contribution in [3.8, 4) is 0 Å². The van der Waals surface area contributed by atoms with E-state index in [1.807, 2.05) is 0 Å². The highest BCUT2D eigenvalue weighted by Gasteiger charge is 2.31. The summed E-state index contributed by atoms with van der Waals surface area (Å²) in [5.74, 6) is -1.01. The predicted molar refractivity (Wildman–Crippen MR) is 62.8 cm³/mol. The van der Waals surface area contributed by atoms with Crippen LogP contribution in [0.15, 0.2) is 18.3 Å². The fourth-order valence-corrected chi connectivity index (χ4v) is 1.42. The van der Waals surface area contributed by atoms with E-state index in [2.05, 4.69) is 15.0 Å². The first kappa shape index (κ1) is 13.4. The van der Waals surface area contributed by atoms with Crippen molar-refractivity contribution in [2.45, 2.75) is 19.4 Å². The number of carbonyl (C=O) groups excluding carboxylic acids is 2. The zero-order valence-corrected chi connectivity index (χ0v) is 10.5. The van der Waals surface area contributed by atoms with Gasteiger partial charge in [-0.3, -0.25) is 4.79 Å². The number of esters is 1. The molecule has 0 aliphatic carbocycles. The third-order valence-corrected chi connectivity index (χ3v) is 2.43. The van der Waals surface area contributed by atoms with Gasteiger partial charge in [0.05, 0.1) is 12.7 Å². The van der Waals surface area contributed by atoms with Gasteiger partial charge < -0.3 is 10.1 Å². The van der Waals surface area contributed by atoms with Gasteiger partial charge >= 0.3 is 5.97 Å². The Morgan fingerprint density at radius 1 is 1.47 bits per heavy atom. The number of hydrogen-bond acceptors (Lipinski definition) is 4. The number of halogens is 1. The Morgan fingerprint density at radius 2 is 2.12 bits per heavy atom. The van der Waals surface area contributed by atoms with Gasteiger partial charge in [-0.05, 0) is 26.0 Å². The molecule has 0 saturated carbocycles. The van der Waals surface area contributed by atoms with Crippen molar-refractivity contribution in [1.29, 1.82) is 0 Å². The van der Waals surface area contributed by atoms with Gasteiger partial charge in [0.15, 0.2) is 0 Å². The van der Waals surface area contributed by atoms with Crippen molar-refractivity contribution in [2.24, 2.45) is 0 Å². The van der Waals surface area contributed by atoms with Gasteiger partial charge in [0.1, 0.15) is 10.7 Å². The second-order valence-electron chi connectivity index (χ2n) is 3.91. The Hall–Kier alpha value is -1.62. The van der Waals surface area contributed by atoms with E-state index in [1.165, 1.54) is 19.4 Å². The second kappa shape index (κ2) is 5.14. The van der Waals surface area contributed by atoms with E-state index in [-0.39, 0.29) is 10.7 Å². The lowest BCUT2D eigenvalue weighted by Crippen LogP contribution is -2.50. The predicted octanol–water partition coefficient (Wildman–Crippen LogP) is 1.42. The Balaban J connectivity index is 2.87. The molecule has 0 fully saturated rings. The minimum Gasteiger partial charge on any atom is -0.467 e. The fraction of sp³-hybridized carbons (Fsp3) is 0.364. The van der Waals surface area contributed by atoms with Crippen molar-refractivity contribution in [3.05, 3.63) is 29.0 Å². The normalized spacial score (nSPS) is 10.8. The maximum Gasteiger partial charge on any atom is 0.330 e. The molecule has 0 bridgehead atoms. The number of pyridine rings is 1. The first-order chi connectivity index (χ1) is 7.88. The van der Waals surface area contributed by atoms with Crippen LogP contribution in [0.1, 0.15) is 24.2 Å². The number of amides is 1. The van der Waals surface area contributed by atoms with E-state index in [4.69, 9.17) is 11.6 Å². The number of nitrogens with one attached hydrogen (secondary N) is 1. The lowest BCUT2D eigenvalue weighted by atomic mass is 10.1. The topological polar surface area (TPSA) is 68.3 Å². The van der Waals surface area contributed by atoms with Crippen LogP contribution in [0.25, 0.3) is 0 Å². The van der Waals surface area contributed by atoms with Crippen molar-refractivity contribution >= 4 is 23.5 Å². The lowest BCUT2D eigenvalue weighted by molar-refractivity contribution is -0.146. The van der Waals surface area contributed by atoms with Crippen LogP contribution in [-0.4, -0.2) is 29.5 Å². The molecule has 0 saturated heterocycles. The summed E-state index contributed by atoms with van der Waals surface area (Å²) in [6.07, 6.45) is 1.48. The van der Waals surface area contributed by atoms with E-state index in [0.717, 1.165) is 0 Å². The quantitative estimate of drug-likeness (QED) is 0.656. The SMILES string of the molecule is COC(=O)C(C)(C)NC(=O)c1cccnc1Cl. The van der Waals surface area contributed by atoms with Gasteiger partial charge in [-0.1, -0.05) is 11.6 Å². The lowest BCUT2D eigenvalue weighted by Gasteiger charge is -2.23. The Morgan fingerprint density at radius 3 is 2.65 bits per heavy atom. The maximum atomic E-state index is 11.9. The highest BCUT2D eigenvalue weighted by Crippen LogP contribution is 2.13. The van der Waals surface area contributed by atoms with Crippen LogP contribution < -0.4 is 5.32 Å². The highest BCUT2D eigenvalue weighted by molar-refractivity contribution is 6.32. The van der Waals surface area contributed by atoms with Gasteiger partial charge in [-0.15, -0.1) is 0 Å². The molecule has 0 aliphatic heterocycles. The molecule has 0 atom stereocenters. The van der Waals surface area contributed by atoms with E-state index in [9.17, 15) is 9.59 Å². The van der Waals surface area contributed by atoms with Crippen molar-refractivity contribution in [2.75, 3.05) is 7.11 Å². The molecule has 5 nitrogen and oxygen atoms in total. The van der Waals surface area contributed by atoms with E-state index in [1.54, 1.807) is 19.9 Å². The van der Waals surface area contributed by atoms with Crippen LogP contribution in [0.4, 0.5) is 0 Å². The number of nitrogens with zero attached hydrogens (tertiary/aromatic N) is 1. The molecule has 1 rings (SSSR count). The molecule has 1 amide bonds. The van der Waals surface area contributed by atoms with E-state index in [0.29, 0.717) is 0 Å². The number of methoxy groups -OCH3 is 1. The molecule has 0 aromatic carbocycles. The molecular formula is C11H13ClN2O3. The zero-order chi connectivity index (χ0) is 13.1. The molecule has 1 aromatic rings. The Bertz CT molecular complexity index is 446. The molecule has 0 radical (unpaired) electrons. The van der Waals surface area contributed by atoms with Gasteiger partial charge in [0, 0.05) is 6.20 Å². The average Bonchev–Trinajstić information content (AvgIpc) is 2.27. The van der Waals surface area contributed by atoms with Gasteiger partial charge in [-0.25, -0.2) is 9.78 Å². The van der Waals surface area contributed by atoms with Gasteiger partial charge in [0.2, 0.25) is 0 Å². The third kappa shape index (κ3) is 3.17. The fourth-order valence-electron chi connectivity index (χ4n) is 1.21. The van der Waals surface area contributed by atoms with Crippen molar-refractivity contribution in [1.82, 2.24) is 10.3 Å². The summed E-state index contributed by atoms with van der Waals surface area (Å²) in [6, 6.07) is 3.12. The third-order valence-electron chi connectivity index (χ3n) is 2.13. The Labute approximate surface area is 104 Å². The van der Waals surface area contributed by atoms with Crippen molar-refractivity contribution in [3.63, 3.8) is 0 Å². The Kier molecular flexibility index (Phi) is 4.07. The largest absolute Gasteiger partial charge is 0.467 e. The average molecular weight is 257 g/mol. The summed E-state index contributed by atoms with van der Waals surface area (Å²) >= 11 is 5.77. The number of rotatable bonds is 3. The molecule has 1 N–H and O–H groups in total. The maximum absolute atomic E-state index is 11.9. The van der Waals surface area contributed by atoms with Gasteiger partial charge in [-0.2, -0.15) is 0 Å². The van der Waals surface area contributed by atoms with E-state index >= 15 is 0 Å². The van der Waals surface area contributed by atoms with Crippen LogP contribution in [0, 0.1) is 0 Å². The summed E-state index contributed by atoms with van der Waals surface area (Å²) in [4.78, 5) is 27.0. The minimum atomic E-state index is -1.12. The van der Waals surface area contributed by atoms with Crippen LogP contribution >= 0.6 is 11.6 Å². The minimum absolute atomic E-state index is 0.0886. The van der Waals surface area contributed by atoms with Crippen LogP contribution in [0.3, 0.4) is 0 Å². The molecule has 1 aromatic heterocycles. The second-order valence-corrected chi connectivity index (χ2v) is 4.27. The molecule has 0 aliphatic rings. The highest BCUT2D eigenvalue weighted by atomic mass is 35.5. The number of ether oxygens (including phenoxy) is 1. The van der Waals surface area contributed by atoms with Crippen LogP contribution in [-0.2, 0) is 9.53 Å². The molecule has 17 heavy (non-hydrogen) atoms. The molecule has 6 heteroatoms.